The molecular formula is C27H31Cl2N3O2. The number of piperazine rings is 1. The molecule has 34 heavy (non-hydrogen) atoms. The van der Waals surface area contributed by atoms with Crippen LogP contribution in [0.5, 0.6) is 5.75 Å². The van der Waals surface area contributed by atoms with Gasteiger partial charge in [0.25, 0.3) is 0 Å². The van der Waals surface area contributed by atoms with Crippen molar-refractivity contribution in [1.29, 1.82) is 0 Å². The molecule has 2 aliphatic rings. The number of fused-ring (bicyclic) bond motifs is 1. The number of benzene rings is 3. The maximum atomic E-state index is 6.37. The van der Waals surface area contributed by atoms with E-state index in [1.807, 2.05) is 30.3 Å². The molecular weight excluding hydrogens is 469 g/mol. The first-order valence-corrected chi connectivity index (χ1v) is 12.8. The fourth-order valence-corrected chi connectivity index (χ4v) is 5.09. The number of morpholine rings is 1. The van der Waals surface area contributed by atoms with Crippen molar-refractivity contribution < 1.29 is 9.47 Å². The zero-order chi connectivity index (χ0) is 23.3. The van der Waals surface area contributed by atoms with Crippen LogP contribution in [0, 0.1) is 0 Å². The third kappa shape index (κ3) is 5.61. The molecule has 3 aromatic rings. The summed E-state index contributed by atoms with van der Waals surface area (Å²) < 4.78 is 11.6. The molecule has 0 unspecified atom stereocenters. The molecule has 7 heteroatoms. The average molecular weight is 500 g/mol. The van der Waals surface area contributed by atoms with Crippen molar-refractivity contribution in [1.82, 2.24) is 9.80 Å². The minimum absolute atomic E-state index is 0.509. The largest absolute Gasteiger partial charge is 0.488 e. The standard InChI is InChI=1S/C27H31Cl2N3O2/c28-25-9-8-23-24(27(25)29)2-1-3-26(23)34-20-21-4-6-22(7-5-21)32-14-12-30(13-15-32)10-11-31-16-18-33-19-17-31/h1-9H,10-20H2. The average Bonchev–Trinajstić information content (AvgIpc) is 2.90. The van der Waals surface area contributed by atoms with Crippen LogP contribution in [0.1, 0.15) is 5.56 Å². The normalized spacial score (nSPS) is 17.9. The molecule has 2 fully saturated rings. The summed E-state index contributed by atoms with van der Waals surface area (Å²) in [5, 5.41) is 3.00. The van der Waals surface area contributed by atoms with E-state index >= 15 is 0 Å². The van der Waals surface area contributed by atoms with Crippen LogP contribution in [0.2, 0.25) is 10.0 Å². The molecule has 0 amide bonds. The highest BCUT2D eigenvalue weighted by Crippen LogP contribution is 2.35. The highest BCUT2D eigenvalue weighted by Gasteiger charge is 2.18. The summed E-state index contributed by atoms with van der Waals surface area (Å²) in [5.74, 6) is 0.813. The predicted molar refractivity (Wildman–Crippen MR) is 141 cm³/mol. The summed E-state index contributed by atoms with van der Waals surface area (Å²) in [6, 6.07) is 18.4. The fraction of sp³-hybridized carbons (Fsp3) is 0.407. The number of nitrogens with zero attached hydrogens (tertiary/aromatic N) is 3. The summed E-state index contributed by atoms with van der Waals surface area (Å²) in [5.41, 5.74) is 2.42. The Morgan fingerprint density at radius 3 is 2.18 bits per heavy atom. The molecule has 0 spiro atoms. The molecule has 2 saturated heterocycles. The van der Waals surface area contributed by atoms with Crippen molar-refractivity contribution in [2.75, 3.05) is 70.5 Å². The van der Waals surface area contributed by atoms with E-state index in [0.29, 0.717) is 16.7 Å². The molecule has 0 aliphatic carbocycles. The first kappa shape index (κ1) is 23.7. The maximum absolute atomic E-state index is 6.37. The molecule has 2 heterocycles. The van der Waals surface area contributed by atoms with Gasteiger partial charge in [0.1, 0.15) is 12.4 Å². The van der Waals surface area contributed by atoms with Crippen LogP contribution in [0.4, 0.5) is 5.69 Å². The van der Waals surface area contributed by atoms with E-state index in [4.69, 9.17) is 32.7 Å². The number of rotatable bonds is 7. The van der Waals surface area contributed by atoms with Gasteiger partial charge in [-0.15, -0.1) is 0 Å². The Hall–Kier alpha value is -2.02. The Morgan fingerprint density at radius 2 is 1.44 bits per heavy atom. The second-order valence-electron chi connectivity index (χ2n) is 8.95. The van der Waals surface area contributed by atoms with Crippen LogP contribution in [0.25, 0.3) is 10.8 Å². The zero-order valence-corrected chi connectivity index (χ0v) is 20.9. The predicted octanol–water partition coefficient (Wildman–Crippen LogP) is 5.18. The highest BCUT2D eigenvalue weighted by molar-refractivity contribution is 6.45. The first-order valence-electron chi connectivity index (χ1n) is 12.0. The van der Waals surface area contributed by atoms with Crippen LogP contribution >= 0.6 is 23.2 Å². The molecule has 180 valence electrons. The van der Waals surface area contributed by atoms with E-state index in [1.54, 1.807) is 0 Å². The number of ether oxygens (including phenoxy) is 2. The monoisotopic (exact) mass is 499 g/mol. The Kier molecular flexibility index (Phi) is 7.77. The lowest BCUT2D eigenvalue weighted by Gasteiger charge is -2.37. The summed E-state index contributed by atoms with van der Waals surface area (Å²) in [6.07, 6.45) is 0. The Labute approximate surface area is 211 Å². The number of hydrogen-bond donors (Lipinski definition) is 0. The summed E-state index contributed by atoms with van der Waals surface area (Å²) in [6.45, 7) is 11.1. The van der Waals surface area contributed by atoms with Crippen LogP contribution in [0.15, 0.2) is 54.6 Å². The second kappa shape index (κ2) is 11.1. The molecule has 0 saturated carbocycles. The maximum Gasteiger partial charge on any atom is 0.127 e. The Bertz CT molecular complexity index is 1090. The lowest BCUT2D eigenvalue weighted by atomic mass is 10.1. The Morgan fingerprint density at radius 1 is 0.735 bits per heavy atom. The number of hydrogen-bond acceptors (Lipinski definition) is 5. The lowest BCUT2D eigenvalue weighted by molar-refractivity contribution is 0.0331. The van der Waals surface area contributed by atoms with Crippen molar-refractivity contribution in [3.63, 3.8) is 0 Å². The SMILES string of the molecule is Clc1ccc2c(OCc3ccc(N4CCN(CCN5CCOCC5)CC4)cc3)cccc2c1Cl. The van der Waals surface area contributed by atoms with Gasteiger partial charge in [-0.05, 0) is 35.9 Å². The van der Waals surface area contributed by atoms with Crippen LogP contribution in [-0.4, -0.2) is 75.4 Å². The van der Waals surface area contributed by atoms with E-state index in [9.17, 15) is 0 Å². The summed E-state index contributed by atoms with van der Waals surface area (Å²) >= 11 is 12.5. The molecule has 3 aromatic carbocycles. The van der Waals surface area contributed by atoms with E-state index in [0.717, 1.165) is 87.7 Å². The quantitative estimate of drug-likeness (QED) is 0.446. The van der Waals surface area contributed by atoms with Crippen molar-refractivity contribution >= 4 is 39.7 Å². The van der Waals surface area contributed by atoms with Crippen molar-refractivity contribution in [3.05, 3.63) is 70.2 Å². The van der Waals surface area contributed by atoms with Crippen molar-refractivity contribution in [3.8, 4) is 5.75 Å². The third-order valence-corrected chi connectivity index (χ3v) is 7.63. The van der Waals surface area contributed by atoms with Gasteiger partial charge in [0.05, 0.1) is 23.3 Å². The van der Waals surface area contributed by atoms with Crippen LogP contribution in [0.3, 0.4) is 0 Å². The number of anilines is 1. The van der Waals surface area contributed by atoms with Crippen LogP contribution < -0.4 is 9.64 Å². The van der Waals surface area contributed by atoms with E-state index in [1.165, 1.54) is 5.69 Å². The molecule has 5 rings (SSSR count). The van der Waals surface area contributed by atoms with E-state index in [-0.39, 0.29) is 0 Å². The van der Waals surface area contributed by atoms with Gasteiger partial charge in [-0.3, -0.25) is 9.80 Å². The van der Waals surface area contributed by atoms with E-state index in [2.05, 4.69) is 39.0 Å². The van der Waals surface area contributed by atoms with Gasteiger partial charge in [-0.2, -0.15) is 0 Å². The van der Waals surface area contributed by atoms with Gasteiger partial charge in [-0.25, -0.2) is 0 Å². The Balaban J connectivity index is 1.12. The van der Waals surface area contributed by atoms with Gasteiger partial charge in [0.15, 0.2) is 0 Å². The molecule has 0 atom stereocenters. The summed E-state index contributed by atoms with van der Waals surface area (Å²) in [4.78, 5) is 7.57. The van der Waals surface area contributed by atoms with Crippen molar-refractivity contribution in [2.24, 2.45) is 0 Å². The third-order valence-electron chi connectivity index (χ3n) is 6.81. The van der Waals surface area contributed by atoms with Gasteiger partial charge < -0.3 is 14.4 Å². The molecule has 0 radical (unpaired) electrons. The van der Waals surface area contributed by atoms with Gasteiger partial charge >= 0.3 is 0 Å². The molecule has 0 bridgehead atoms. The summed E-state index contributed by atoms with van der Waals surface area (Å²) in [7, 11) is 0. The van der Waals surface area contributed by atoms with Gasteiger partial charge in [-0.1, -0.05) is 47.5 Å². The molecule has 0 aromatic heterocycles. The second-order valence-corrected chi connectivity index (χ2v) is 9.74. The highest BCUT2D eigenvalue weighted by atomic mass is 35.5. The minimum Gasteiger partial charge on any atom is -0.488 e. The number of halogens is 2. The van der Waals surface area contributed by atoms with E-state index < -0.39 is 0 Å². The zero-order valence-electron chi connectivity index (χ0n) is 19.4. The lowest BCUT2D eigenvalue weighted by Crippen LogP contribution is -2.49. The van der Waals surface area contributed by atoms with Gasteiger partial charge in [0, 0.05) is 68.8 Å². The van der Waals surface area contributed by atoms with Crippen LogP contribution in [-0.2, 0) is 11.3 Å². The minimum atomic E-state index is 0.509. The molecule has 0 N–H and O–H groups in total. The first-order chi connectivity index (χ1) is 16.7. The van der Waals surface area contributed by atoms with Gasteiger partial charge in [0.2, 0.25) is 0 Å². The van der Waals surface area contributed by atoms with Crippen molar-refractivity contribution in [2.45, 2.75) is 6.61 Å². The molecule has 2 aliphatic heterocycles. The fourth-order valence-electron chi connectivity index (χ4n) is 4.69. The topological polar surface area (TPSA) is 28.2 Å². The molecule has 5 nitrogen and oxygen atoms in total. The smallest absolute Gasteiger partial charge is 0.127 e.